The number of unbranched alkanes of at least 4 members (excludes halogenated alkanes) is 2. The third-order valence-electron chi connectivity index (χ3n) is 5.99. The first-order valence-electron chi connectivity index (χ1n) is 10.2. The molecule has 0 atom stereocenters. The van der Waals surface area contributed by atoms with Gasteiger partial charge in [-0.1, -0.05) is 62.9 Å². The van der Waals surface area contributed by atoms with E-state index in [2.05, 4.69) is 6.92 Å². The first kappa shape index (κ1) is 19.7. The summed E-state index contributed by atoms with van der Waals surface area (Å²) in [5.41, 5.74) is 1.88. The van der Waals surface area contributed by atoms with Gasteiger partial charge in [0.05, 0.1) is 5.56 Å². The number of rotatable bonds is 7. The molecule has 0 bridgehead atoms. The number of hydrogen-bond acceptors (Lipinski definition) is 1. The predicted octanol–water partition coefficient (Wildman–Crippen LogP) is 7.30. The molecule has 1 fully saturated rings. The molecule has 144 valence electrons. The van der Waals surface area contributed by atoms with Gasteiger partial charge in [-0.05, 0) is 54.7 Å². The normalized spacial score (nSPS) is 19.8. The van der Waals surface area contributed by atoms with Crippen LogP contribution in [0.3, 0.4) is 0 Å². The third kappa shape index (κ3) is 4.63. The smallest absolute Gasteiger partial charge is 0.169 e. The maximum Gasteiger partial charge on any atom is 0.169 e. The lowest BCUT2D eigenvalue weighted by Gasteiger charge is -2.29. The molecule has 1 aliphatic rings. The summed E-state index contributed by atoms with van der Waals surface area (Å²) in [5, 5.41) is 0. The Morgan fingerprint density at radius 2 is 1.63 bits per heavy atom. The Bertz CT molecular complexity index is 759. The van der Waals surface area contributed by atoms with Gasteiger partial charge in [0, 0.05) is 5.56 Å². The molecule has 0 spiro atoms. The molecule has 0 N–H and O–H groups in total. The zero-order chi connectivity index (χ0) is 19.2. The van der Waals surface area contributed by atoms with Gasteiger partial charge in [-0.25, -0.2) is 8.78 Å². The van der Waals surface area contributed by atoms with Crippen LogP contribution in [0.5, 0.6) is 0 Å². The molecule has 3 heteroatoms. The summed E-state index contributed by atoms with van der Waals surface area (Å²) in [6, 6.07) is 10.6. The first-order chi connectivity index (χ1) is 13.1. The Kier molecular flexibility index (Phi) is 6.76. The summed E-state index contributed by atoms with van der Waals surface area (Å²) in [6.07, 6.45) is 10.7. The predicted molar refractivity (Wildman–Crippen MR) is 106 cm³/mol. The fourth-order valence-corrected chi connectivity index (χ4v) is 4.28. The minimum Gasteiger partial charge on any atom is -0.298 e. The van der Waals surface area contributed by atoms with Crippen LogP contribution in [0.1, 0.15) is 80.1 Å². The van der Waals surface area contributed by atoms with Crippen LogP contribution in [0.15, 0.2) is 36.4 Å². The van der Waals surface area contributed by atoms with Gasteiger partial charge in [0.1, 0.15) is 0 Å². The highest BCUT2D eigenvalue weighted by Gasteiger charge is 2.22. The second-order valence-corrected chi connectivity index (χ2v) is 7.78. The van der Waals surface area contributed by atoms with E-state index in [0.717, 1.165) is 5.92 Å². The van der Waals surface area contributed by atoms with Crippen molar-refractivity contribution in [1.82, 2.24) is 0 Å². The fourth-order valence-electron chi connectivity index (χ4n) is 4.28. The largest absolute Gasteiger partial charge is 0.298 e. The van der Waals surface area contributed by atoms with Crippen LogP contribution in [0.4, 0.5) is 8.78 Å². The molecule has 3 rings (SSSR count). The average Bonchev–Trinajstić information content (AvgIpc) is 2.71. The van der Waals surface area contributed by atoms with E-state index in [1.165, 1.54) is 69.1 Å². The van der Waals surface area contributed by atoms with Crippen molar-refractivity contribution >= 4 is 6.29 Å². The van der Waals surface area contributed by atoms with Crippen LogP contribution in [-0.4, -0.2) is 6.29 Å². The Balaban J connectivity index is 1.65. The summed E-state index contributed by atoms with van der Waals surface area (Å²) < 4.78 is 28.1. The molecular weight excluding hydrogens is 342 g/mol. The Morgan fingerprint density at radius 1 is 0.926 bits per heavy atom. The van der Waals surface area contributed by atoms with Crippen molar-refractivity contribution in [3.05, 3.63) is 59.2 Å². The van der Waals surface area contributed by atoms with Crippen molar-refractivity contribution in [3.8, 4) is 11.1 Å². The van der Waals surface area contributed by atoms with E-state index >= 15 is 0 Å². The van der Waals surface area contributed by atoms with Crippen molar-refractivity contribution in [2.45, 2.75) is 64.2 Å². The fraction of sp³-hybridized carbons (Fsp3) is 0.458. The maximum absolute atomic E-state index is 14.2. The SMILES string of the molecule is CCCCCC1CCC(c2ccc(-c3ccc(C=O)c(F)c3F)cc2)CC1. The Labute approximate surface area is 160 Å². The van der Waals surface area contributed by atoms with Gasteiger partial charge in [0.15, 0.2) is 17.9 Å². The number of benzene rings is 2. The molecule has 1 saturated carbocycles. The van der Waals surface area contributed by atoms with Crippen LogP contribution in [0.25, 0.3) is 11.1 Å². The van der Waals surface area contributed by atoms with E-state index in [-0.39, 0.29) is 11.1 Å². The number of carbonyl (C=O) groups is 1. The first-order valence-corrected chi connectivity index (χ1v) is 10.2. The standard InChI is InChI=1S/C24H28F2O/c1-2-3-4-5-17-6-8-18(9-7-17)19-10-12-20(13-11-19)22-15-14-21(16-27)23(25)24(22)26/h10-18H,2-9H2,1H3. The molecule has 1 aliphatic carbocycles. The minimum absolute atomic E-state index is 0.198. The molecule has 27 heavy (non-hydrogen) atoms. The van der Waals surface area contributed by atoms with Gasteiger partial charge >= 0.3 is 0 Å². The molecule has 0 heterocycles. The summed E-state index contributed by atoms with van der Waals surface area (Å²) >= 11 is 0. The number of aldehydes is 1. The molecular formula is C24H28F2O. The van der Waals surface area contributed by atoms with Crippen LogP contribution in [-0.2, 0) is 0 Å². The highest BCUT2D eigenvalue weighted by Crippen LogP contribution is 2.38. The van der Waals surface area contributed by atoms with Crippen LogP contribution in [0.2, 0.25) is 0 Å². The summed E-state index contributed by atoms with van der Waals surface area (Å²) in [5.74, 6) is -0.589. The van der Waals surface area contributed by atoms with Crippen LogP contribution < -0.4 is 0 Å². The van der Waals surface area contributed by atoms with Crippen LogP contribution >= 0.6 is 0 Å². The van der Waals surface area contributed by atoms with Gasteiger partial charge in [0.2, 0.25) is 0 Å². The van der Waals surface area contributed by atoms with Crippen molar-refractivity contribution in [2.75, 3.05) is 0 Å². The minimum atomic E-state index is -1.08. The van der Waals surface area contributed by atoms with E-state index < -0.39 is 11.6 Å². The van der Waals surface area contributed by atoms with Gasteiger partial charge in [0.25, 0.3) is 0 Å². The highest BCUT2D eigenvalue weighted by atomic mass is 19.2. The van der Waals surface area contributed by atoms with Crippen molar-refractivity contribution in [3.63, 3.8) is 0 Å². The van der Waals surface area contributed by atoms with Crippen molar-refractivity contribution in [1.29, 1.82) is 0 Å². The van der Waals surface area contributed by atoms with Crippen molar-refractivity contribution in [2.24, 2.45) is 5.92 Å². The van der Waals surface area contributed by atoms with E-state index in [0.29, 0.717) is 17.8 Å². The molecule has 0 aromatic heterocycles. The third-order valence-corrected chi connectivity index (χ3v) is 5.99. The Morgan fingerprint density at radius 3 is 2.26 bits per heavy atom. The summed E-state index contributed by atoms with van der Waals surface area (Å²) in [6.45, 7) is 2.25. The van der Waals surface area contributed by atoms with Gasteiger partial charge < -0.3 is 0 Å². The lowest BCUT2D eigenvalue weighted by molar-refractivity contribution is 0.111. The molecule has 0 radical (unpaired) electrons. The van der Waals surface area contributed by atoms with Gasteiger partial charge in [-0.2, -0.15) is 0 Å². The lowest BCUT2D eigenvalue weighted by atomic mass is 9.77. The number of hydrogen-bond donors (Lipinski definition) is 0. The van der Waals surface area contributed by atoms with Crippen LogP contribution in [0, 0.1) is 17.6 Å². The van der Waals surface area contributed by atoms with Gasteiger partial charge in [-0.3, -0.25) is 4.79 Å². The second kappa shape index (κ2) is 9.25. The lowest BCUT2D eigenvalue weighted by Crippen LogP contribution is -2.13. The average molecular weight is 370 g/mol. The zero-order valence-corrected chi connectivity index (χ0v) is 16.0. The molecule has 0 saturated heterocycles. The van der Waals surface area contributed by atoms with E-state index in [1.807, 2.05) is 24.3 Å². The van der Waals surface area contributed by atoms with Gasteiger partial charge in [-0.15, -0.1) is 0 Å². The molecule has 0 aliphatic heterocycles. The second-order valence-electron chi connectivity index (χ2n) is 7.78. The zero-order valence-electron chi connectivity index (χ0n) is 16.0. The van der Waals surface area contributed by atoms with E-state index in [4.69, 9.17) is 0 Å². The molecule has 1 nitrogen and oxygen atoms in total. The maximum atomic E-state index is 14.2. The Hall–Kier alpha value is -2.03. The van der Waals surface area contributed by atoms with Crippen molar-refractivity contribution < 1.29 is 13.6 Å². The monoisotopic (exact) mass is 370 g/mol. The molecule has 2 aromatic rings. The quantitative estimate of drug-likeness (QED) is 0.369. The van der Waals surface area contributed by atoms with E-state index in [9.17, 15) is 13.6 Å². The number of carbonyl (C=O) groups excluding carboxylic acids is 1. The highest BCUT2D eigenvalue weighted by molar-refractivity contribution is 5.77. The molecule has 2 aromatic carbocycles. The molecule has 0 unspecified atom stereocenters. The van der Waals surface area contributed by atoms with E-state index in [1.54, 1.807) is 0 Å². The topological polar surface area (TPSA) is 17.1 Å². The molecule has 0 amide bonds. The number of halogens is 2. The summed E-state index contributed by atoms with van der Waals surface area (Å²) in [4.78, 5) is 10.7. The summed E-state index contributed by atoms with van der Waals surface area (Å²) in [7, 11) is 0.